The molecule has 23 heavy (non-hydrogen) atoms. The predicted octanol–water partition coefficient (Wildman–Crippen LogP) is 5.69. The zero-order valence-electron chi connectivity index (χ0n) is 14.3. The Balaban J connectivity index is 2.41. The second kappa shape index (κ2) is 7.28. The first-order valence-corrected chi connectivity index (χ1v) is 8.01. The SMILES string of the molecule is C=CC(=O)Oc1ccc(-c2cc(C(C)C)ccc2C(C)C)cc1. The van der Waals surface area contributed by atoms with Crippen LogP contribution in [0.3, 0.4) is 0 Å². The van der Waals surface area contributed by atoms with E-state index in [-0.39, 0.29) is 0 Å². The Kier molecular flexibility index (Phi) is 5.38. The monoisotopic (exact) mass is 308 g/mol. The fourth-order valence-electron chi connectivity index (χ4n) is 2.55. The molecule has 0 atom stereocenters. The summed E-state index contributed by atoms with van der Waals surface area (Å²) in [6, 6.07) is 14.3. The van der Waals surface area contributed by atoms with Crippen molar-refractivity contribution in [1.82, 2.24) is 0 Å². The van der Waals surface area contributed by atoms with Gasteiger partial charge in [0.25, 0.3) is 0 Å². The summed E-state index contributed by atoms with van der Waals surface area (Å²) in [5.74, 6) is 1.03. The van der Waals surface area contributed by atoms with Crippen LogP contribution in [0.5, 0.6) is 5.75 Å². The molecular weight excluding hydrogens is 284 g/mol. The van der Waals surface area contributed by atoms with Crippen molar-refractivity contribution in [1.29, 1.82) is 0 Å². The first kappa shape index (κ1) is 17.0. The highest BCUT2D eigenvalue weighted by Crippen LogP contribution is 2.33. The van der Waals surface area contributed by atoms with Gasteiger partial charge in [0.05, 0.1) is 0 Å². The van der Waals surface area contributed by atoms with Gasteiger partial charge in [-0.25, -0.2) is 4.79 Å². The normalized spacial score (nSPS) is 10.9. The van der Waals surface area contributed by atoms with Crippen LogP contribution in [0.1, 0.15) is 50.7 Å². The first-order chi connectivity index (χ1) is 10.9. The molecular formula is C21H24O2. The van der Waals surface area contributed by atoms with Crippen molar-refractivity contribution >= 4 is 5.97 Å². The lowest BCUT2D eigenvalue weighted by Gasteiger charge is -2.16. The Bertz CT molecular complexity index is 694. The van der Waals surface area contributed by atoms with Crippen LogP contribution >= 0.6 is 0 Å². The van der Waals surface area contributed by atoms with Crippen molar-refractivity contribution in [3.05, 3.63) is 66.2 Å². The third-order valence-electron chi connectivity index (χ3n) is 3.92. The average Bonchev–Trinajstić information content (AvgIpc) is 2.54. The van der Waals surface area contributed by atoms with E-state index in [1.165, 1.54) is 16.7 Å². The average molecular weight is 308 g/mol. The summed E-state index contributed by atoms with van der Waals surface area (Å²) in [7, 11) is 0. The van der Waals surface area contributed by atoms with E-state index >= 15 is 0 Å². The van der Waals surface area contributed by atoms with Crippen molar-refractivity contribution in [3.8, 4) is 16.9 Å². The molecule has 2 heteroatoms. The predicted molar refractivity (Wildman–Crippen MR) is 95.9 cm³/mol. The van der Waals surface area contributed by atoms with Gasteiger partial charge in [-0.3, -0.25) is 0 Å². The Morgan fingerprint density at radius 1 is 1.00 bits per heavy atom. The van der Waals surface area contributed by atoms with Gasteiger partial charge >= 0.3 is 5.97 Å². The Morgan fingerprint density at radius 3 is 2.17 bits per heavy atom. The maximum atomic E-state index is 11.3. The van der Waals surface area contributed by atoms with E-state index in [0.29, 0.717) is 17.6 Å². The molecule has 2 aromatic carbocycles. The van der Waals surface area contributed by atoms with Gasteiger partial charge in [-0.15, -0.1) is 0 Å². The van der Waals surface area contributed by atoms with Crippen LogP contribution < -0.4 is 4.74 Å². The van der Waals surface area contributed by atoms with E-state index in [2.05, 4.69) is 52.5 Å². The smallest absolute Gasteiger partial charge is 0.335 e. The summed E-state index contributed by atoms with van der Waals surface area (Å²) in [5, 5.41) is 0. The van der Waals surface area contributed by atoms with Gasteiger partial charge in [-0.1, -0.05) is 64.6 Å². The van der Waals surface area contributed by atoms with Crippen molar-refractivity contribution in [2.45, 2.75) is 39.5 Å². The van der Waals surface area contributed by atoms with Crippen molar-refractivity contribution in [2.75, 3.05) is 0 Å². The molecule has 0 saturated carbocycles. The molecule has 0 radical (unpaired) electrons. The van der Waals surface area contributed by atoms with Crippen LogP contribution in [0.2, 0.25) is 0 Å². The molecule has 2 nitrogen and oxygen atoms in total. The molecule has 0 aliphatic carbocycles. The van der Waals surface area contributed by atoms with Crippen LogP contribution in [-0.2, 0) is 4.79 Å². The van der Waals surface area contributed by atoms with E-state index < -0.39 is 5.97 Å². The highest BCUT2D eigenvalue weighted by molar-refractivity contribution is 5.83. The molecule has 120 valence electrons. The highest BCUT2D eigenvalue weighted by atomic mass is 16.5. The number of esters is 1. The summed E-state index contributed by atoms with van der Waals surface area (Å²) in [6.45, 7) is 12.2. The Labute approximate surface area is 138 Å². The molecule has 0 amide bonds. The quantitative estimate of drug-likeness (QED) is 0.403. The van der Waals surface area contributed by atoms with Gasteiger partial charge in [0, 0.05) is 6.08 Å². The van der Waals surface area contributed by atoms with Crippen molar-refractivity contribution < 1.29 is 9.53 Å². The van der Waals surface area contributed by atoms with Crippen molar-refractivity contribution in [3.63, 3.8) is 0 Å². The number of carbonyl (C=O) groups excluding carboxylic acids is 1. The van der Waals surface area contributed by atoms with Crippen molar-refractivity contribution in [2.24, 2.45) is 0 Å². The fraction of sp³-hybridized carbons (Fsp3) is 0.286. The summed E-state index contributed by atoms with van der Waals surface area (Å²) in [6.07, 6.45) is 1.16. The largest absolute Gasteiger partial charge is 0.423 e. The lowest BCUT2D eigenvalue weighted by molar-refractivity contribution is -0.128. The second-order valence-electron chi connectivity index (χ2n) is 6.31. The summed E-state index contributed by atoms with van der Waals surface area (Å²) in [4.78, 5) is 11.3. The molecule has 2 rings (SSSR count). The number of hydrogen-bond donors (Lipinski definition) is 0. The van der Waals surface area contributed by atoms with Crippen LogP contribution in [0.4, 0.5) is 0 Å². The molecule has 2 aromatic rings. The van der Waals surface area contributed by atoms with Crippen LogP contribution in [-0.4, -0.2) is 5.97 Å². The van der Waals surface area contributed by atoms with Crippen LogP contribution in [0.15, 0.2) is 55.1 Å². The molecule has 0 heterocycles. The summed E-state index contributed by atoms with van der Waals surface area (Å²) in [5.41, 5.74) is 5.03. The lowest BCUT2D eigenvalue weighted by atomic mass is 9.89. The zero-order valence-corrected chi connectivity index (χ0v) is 14.3. The molecule has 0 aliphatic heterocycles. The molecule has 0 aromatic heterocycles. The molecule has 0 spiro atoms. The molecule has 0 fully saturated rings. The van der Waals surface area contributed by atoms with E-state index in [0.717, 1.165) is 11.6 Å². The molecule has 0 aliphatic rings. The molecule has 0 bridgehead atoms. The molecule has 0 saturated heterocycles. The summed E-state index contributed by atoms with van der Waals surface area (Å²) >= 11 is 0. The van der Waals surface area contributed by atoms with Crippen LogP contribution in [0.25, 0.3) is 11.1 Å². The van der Waals surface area contributed by atoms with Gasteiger partial charge in [-0.05, 0) is 46.2 Å². The highest BCUT2D eigenvalue weighted by Gasteiger charge is 2.11. The molecule has 0 unspecified atom stereocenters. The third-order valence-corrected chi connectivity index (χ3v) is 3.92. The van der Waals surface area contributed by atoms with E-state index in [1.807, 2.05) is 24.3 Å². The van der Waals surface area contributed by atoms with Gasteiger partial charge in [0.1, 0.15) is 5.75 Å². The maximum Gasteiger partial charge on any atom is 0.335 e. The maximum absolute atomic E-state index is 11.3. The number of rotatable bonds is 5. The van der Waals surface area contributed by atoms with E-state index in [9.17, 15) is 4.79 Å². The second-order valence-corrected chi connectivity index (χ2v) is 6.31. The third kappa shape index (κ3) is 4.10. The van der Waals surface area contributed by atoms with E-state index in [1.54, 1.807) is 0 Å². The fourth-order valence-corrected chi connectivity index (χ4v) is 2.55. The standard InChI is InChI=1S/C21H24O2/c1-6-21(22)23-18-10-7-16(8-11-18)20-13-17(14(2)3)9-12-19(20)15(4)5/h6-15H,1H2,2-5H3. The minimum atomic E-state index is -0.442. The molecule has 0 N–H and O–H groups in total. The topological polar surface area (TPSA) is 26.3 Å². The first-order valence-electron chi connectivity index (χ1n) is 8.01. The Morgan fingerprint density at radius 2 is 1.65 bits per heavy atom. The minimum Gasteiger partial charge on any atom is -0.423 e. The van der Waals surface area contributed by atoms with Gasteiger partial charge < -0.3 is 4.74 Å². The van der Waals surface area contributed by atoms with Gasteiger partial charge in [0.2, 0.25) is 0 Å². The van der Waals surface area contributed by atoms with E-state index in [4.69, 9.17) is 4.74 Å². The number of hydrogen-bond acceptors (Lipinski definition) is 2. The minimum absolute atomic E-state index is 0.442. The Hall–Kier alpha value is -2.35. The number of carbonyl (C=O) groups is 1. The number of benzene rings is 2. The van der Waals surface area contributed by atoms with Gasteiger partial charge in [0.15, 0.2) is 0 Å². The van der Waals surface area contributed by atoms with Crippen LogP contribution in [0, 0.1) is 0 Å². The summed E-state index contributed by atoms with van der Waals surface area (Å²) < 4.78 is 5.14. The number of ether oxygens (including phenoxy) is 1. The zero-order chi connectivity index (χ0) is 17.0. The lowest BCUT2D eigenvalue weighted by Crippen LogP contribution is -2.02. The van der Waals surface area contributed by atoms with Gasteiger partial charge in [-0.2, -0.15) is 0 Å².